The van der Waals surface area contributed by atoms with Crippen molar-refractivity contribution >= 4 is 40.8 Å². The molecule has 5 aliphatic rings. The van der Waals surface area contributed by atoms with Crippen LogP contribution in [0, 0.1) is 23.2 Å². The second-order valence-electron chi connectivity index (χ2n) is 9.83. The first kappa shape index (κ1) is 19.5. The van der Waals surface area contributed by atoms with Crippen LogP contribution >= 0.6 is 23.2 Å². The van der Waals surface area contributed by atoms with E-state index in [1.54, 1.807) is 6.07 Å². The van der Waals surface area contributed by atoms with Crippen molar-refractivity contribution in [2.45, 2.75) is 57.5 Å². The maximum Gasteiger partial charge on any atom is 0.311 e. The van der Waals surface area contributed by atoms with Crippen LogP contribution < -0.4 is 5.01 Å². The van der Waals surface area contributed by atoms with Gasteiger partial charge in [-0.2, -0.15) is 0 Å². The van der Waals surface area contributed by atoms with E-state index in [9.17, 15) is 9.59 Å². The third-order valence-corrected chi connectivity index (χ3v) is 8.57. The van der Waals surface area contributed by atoms with Crippen molar-refractivity contribution in [1.29, 1.82) is 0 Å². The Morgan fingerprint density at radius 2 is 1.79 bits per heavy atom. The van der Waals surface area contributed by atoms with Gasteiger partial charge >= 0.3 is 5.97 Å². The van der Waals surface area contributed by atoms with Crippen LogP contribution in [0.4, 0.5) is 5.69 Å². The number of rotatable bonds is 3. The summed E-state index contributed by atoms with van der Waals surface area (Å²) in [6.45, 7) is 3.85. The number of esters is 1. The molecule has 7 heteroatoms. The first-order valence-electron chi connectivity index (χ1n) is 10.4. The van der Waals surface area contributed by atoms with Crippen LogP contribution in [-0.4, -0.2) is 35.6 Å². The van der Waals surface area contributed by atoms with Gasteiger partial charge in [0.15, 0.2) is 0 Å². The van der Waals surface area contributed by atoms with Gasteiger partial charge in [-0.1, -0.05) is 29.3 Å². The average Bonchev–Trinajstić information content (AvgIpc) is 2.68. The number of hydrazine groups is 1. The molecule has 1 saturated heterocycles. The van der Waals surface area contributed by atoms with E-state index in [0.29, 0.717) is 27.8 Å². The predicted octanol–water partition coefficient (Wildman–Crippen LogP) is 4.70. The normalized spacial score (nSPS) is 36.9. The van der Waals surface area contributed by atoms with Crippen molar-refractivity contribution in [2.24, 2.45) is 23.2 Å². The Morgan fingerprint density at radius 3 is 2.41 bits per heavy atom. The molecule has 4 saturated carbocycles. The Labute approximate surface area is 181 Å². The summed E-state index contributed by atoms with van der Waals surface area (Å²) in [6.07, 6.45) is 4.68. The zero-order chi connectivity index (χ0) is 20.7. The predicted molar refractivity (Wildman–Crippen MR) is 112 cm³/mol. The van der Waals surface area contributed by atoms with Gasteiger partial charge in [-0.25, -0.2) is 5.01 Å². The Morgan fingerprint density at radius 1 is 1.14 bits per heavy atom. The minimum absolute atomic E-state index is 0.0691. The largest absolute Gasteiger partial charge is 0.469 e. The standard InChI is InChI=1S/C22H26Cl2N2O3/c1-21(2)19(27)25(26(21)16-6-4-5-15(23)17(16)24)18-13-7-12-8-14(18)11-22(9-12,10-13)20(28)29-3/h4-6,12-14,18H,7-11H2,1-3H3/t12?,13-,14?,18?,22?/m0/s1. The third-order valence-electron chi connectivity index (χ3n) is 7.76. The summed E-state index contributed by atoms with van der Waals surface area (Å²) in [5.41, 5.74) is -0.271. The molecule has 0 radical (unpaired) electrons. The molecular formula is C22H26Cl2N2O3. The summed E-state index contributed by atoms with van der Waals surface area (Å²) in [6, 6.07) is 5.64. The van der Waals surface area contributed by atoms with Crippen LogP contribution in [0.25, 0.3) is 0 Å². The first-order valence-corrected chi connectivity index (χ1v) is 11.1. The van der Waals surface area contributed by atoms with E-state index in [1.807, 2.05) is 36.0 Å². The monoisotopic (exact) mass is 436 g/mol. The zero-order valence-electron chi connectivity index (χ0n) is 17.0. The minimum Gasteiger partial charge on any atom is -0.469 e. The van der Waals surface area contributed by atoms with E-state index < -0.39 is 5.54 Å². The quantitative estimate of drug-likeness (QED) is 0.644. The van der Waals surface area contributed by atoms with Gasteiger partial charge < -0.3 is 4.74 Å². The fourth-order valence-corrected chi connectivity index (χ4v) is 7.27. The van der Waals surface area contributed by atoms with E-state index in [2.05, 4.69) is 0 Å². The average molecular weight is 437 g/mol. The number of carbonyl (C=O) groups excluding carboxylic acids is 2. The lowest BCUT2D eigenvalue weighted by Gasteiger charge is -2.67. The van der Waals surface area contributed by atoms with Crippen LogP contribution in [0.2, 0.25) is 10.0 Å². The number of hydrogen-bond donors (Lipinski definition) is 0. The van der Waals surface area contributed by atoms with Crippen LogP contribution in [0.15, 0.2) is 18.2 Å². The number of amides is 1. The molecular weight excluding hydrogens is 411 g/mol. The van der Waals surface area contributed by atoms with Gasteiger partial charge in [-0.15, -0.1) is 0 Å². The van der Waals surface area contributed by atoms with E-state index in [0.717, 1.165) is 37.8 Å². The van der Waals surface area contributed by atoms with Gasteiger partial charge in [0, 0.05) is 0 Å². The SMILES string of the molecule is COC(=O)C12CC3CC(C1)C(N1C(=O)C(C)(C)N1c1cccc(Cl)c1Cl)[C@@H](C3)C2. The molecule has 29 heavy (non-hydrogen) atoms. The van der Waals surface area contributed by atoms with Crippen LogP contribution in [-0.2, 0) is 14.3 Å². The fraction of sp³-hybridized carbons (Fsp3) is 0.636. The van der Waals surface area contributed by atoms with Crippen molar-refractivity contribution in [2.75, 3.05) is 12.1 Å². The number of halogens is 2. The number of benzene rings is 1. The molecule has 0 aromatic heterocycles. The maximum atomic E-state index is 13.3. The van der Waals surface area contributed by atoms with Crippen LogP contribution in [0.5, 0.6) is 0 Å². The van der Waals surface area contributed by atoms with Gasteiger partial charge in [0.05, 0.1) is 34.3 Å². The Kier molecular flexibility index (Phi) is 4.22. The van der Waals surface area contributed by atoms with Gasteiger partial charge in [-0.3, -0.25) is 14.6 Å². The highest BCUT2D eigenvalue weighted by Crippen LogP contribution is 2.63. The Balaban J connectivity index is 1.52. The molecule has 4 bridgehead atoms. The number of ether oxygens (including phenoxy) is 1. The van der Waals surface area contributed by atoms with Crippen LogP contribution in [0.3, 0.4) is 0 Å². The highest BCUT2D eigenvalue weighted by atomic mass is 35.5. The lowest BCUT2D eigenvalue weighted by atomic mass is 9.47. The van der Waals surface area contributed by atoms with E-state index in [-0.39, 0.29) is 23.3 Å². The molecule has 1 heterocycles. The van der Waals surface area contributed by atoms with Crippen molar-refractivity contribution in [1.82, 2.24) is 5.01 Å². The summed E-state index contributed by atoms with van der Waals surface area (Å²) < 4.78 is 5.18. The summed E-state index contributed by atoms with van der Waals surface area (Å²) in [5.74, 6) is 1.20. The molecule has 156 valence electrons. The summed E-state index contributed by atoms with van der Waals surface area (Å²) in [5, 5.41) is 4.90. The molecule has 1 aliphatic heterocycles. The molecule has 0 N–H and O–H groups in total. The van der Waals surface area contributed by atoms with Crippen molar-refractivity contribution in [3.8, 4) is 0 Å². The lowest BCUT2D eigenvalue weighted by Crippen LogP contribution is -2.80. The zero-order valence-corrected chi connectivity index (χ0v) is 18.5. The molecule has 6 rings (SSSR count). The molecule has 0 spiro atoms. The summed E-state index contributed by atoms with van der Waals surface area (Å²) >= 11 is 12.8. The summed E-state index contributed by atoms with van der Waals surface area (Å²) in [7, 11) is 1.49. The molecule has 5 fully saturated rings. The van der Waals surface area contributed by atoms with Crippen LogP contribution in [0.1, 0.15) is 46.0 Å². The molecule has 1 amide bonds. The number of carbonyl (C=O) groups is 2. The highest BCUT2D eigenvalue weighted by Gasteiger charge is 2.65. The molecule has 1 aromatic rings. The minimum atomic E-state index is -0.678. The summed E-state index contributed by atoms with van der Waals surface area (Å²) in [4.78, 5) is 25.9. The molecule has 4 aliphatic carbocycles. The highest BCUT2D eigenvalue weighted by molar-refractivity contribution is 6.43. The molecule has 5 atom stereocenters. The number of hydrogen-bond acceptors (Lipinski definition) is 4. The van der Waals surface area contributed by atoms with Crippen molar-refractivity contribution in [3.05, 3.63) is 28.2 Å². The first-order chi connectivity index (χ1) is 13.7. The molecule has 5 nitrogen and oxygen atoms in total. The van der Waals surface area contributed by atoms with E-state index in [4.69, 9.17) is 27.9 Å². The van der Waals surface area contributed by atoms with Gasteiger partial charge in [0.1, 0.15) is 5.54 Å². The van der Waals surface area contributed by atoms with Crippen molar-refractivity contribution in [3.63, 3.8) is 0 Å². The number of anilines is 1. The lowest BCUT2D eigenvalue weighted by molar-refractivity contribution is -0.189. The second-order valence-corrected chi connectivity index (χ2v) is 10.6. The topological polar surface area (TPSA) is 49.9 Å². The molecule has 4 unspecified atom stereocenters. The number of methoxy groups -OCH3 is 1. The van der Waals surface area contributed by atoms with Gasteiger partial charge in [0.25, 0.3) is 5.91 Å². The van der Waals surface area contributed by atoms with Crippen molar-refractivity contribution < 1.29 is 14.3 Å². The Hall–Kier alpha value is -1.46. The van der Waals surface area contributed by atoms with Gasteiger partial charge in [0.2, 0.25) is 0 Å². The van der Waals surface area contributed by atoms with E-state index in [1.165, 1.54) is 7.11 Å². The van der Waals surface area contributed by atoms with Gasteiger partial charge in [-0.05, 0) is 75.8 Å². The molecule has 1 aromatic carbocycles. The smallest absolute Gasteiger partial charge is 0.311 e. The maximum absolute atomic E-state index is 13.3. The van der Waals surface area contributed by atoms with E-state index >= 15 is 0 Å². The Bertz CT molecular complexity index is 886. The third kappa shape index (κ3) is 2.53. The fourth-order valence-electron chi connectivity index (χ4n) is 6.89. The number of nitrogens with zero attached hydrogens (tertiary/aromatic N) is 2. The second kappa shape index (κ2) is 6.27.